The van der Waals surface area contributed by atoms with Gasteiger partial charge in [-0.05, 0) is 31.2 Å². The fraction of sp³-hybridized carbons (Fsp3) is 0.562. The van der Waals surface area contributed by atoms with Gasteiger partial charge in [-0.25, -0.2) is 10.9 Å². The number of amides is 1. The quantitative estimate of drug-likeness (QED) is 0.514. The zero-order valence-corrected chi connectivity index (χ0v) is 13.5. The van der Waals surface area contributed by atoms with Gasteiger partial charge in [0.25, 0.3) is 5.69 Å². The summed E-state index contributed by atoms with van der Waals surface area (Å²) in [4.78, 5) is 22.6. The number of nitro benzene ring substituents is 1. The Labute approximate surface area is 140 Å². The average molecular weight is 334 g/mol. The van der Waals surface area contributed by atoms with Gasteiger partial charge in [0.05, 0.1) is 17.7 Å². The van der Waals surface area contributed by atoms with E-state index in [0.717, 1.165) is 5.56 Å². The smallest absolute Gasteiger partial charge is 0.269 e. The second-order valence-electron chi connectivity index (χ2n) is 6.41. The summed E-state index contributed by atoms with van der Waals surface area (Å²) in [5.41, 5.74) is 6.95. The van der Waals surface area contributed by atoms with Crippen LogP contribution in [0.15, 0.2) is 24.3 Å². The van der Waals surface area contributed by atoms with Crippen LogP contribution < -0.4 is 16.2 Å². The van der Waals surface area contributed by atoms with Crippen LogP contribution in [-0.2, 0) is 9.53 Å². The Bertz CT molecular complexity index is 620. The predicted molar refractivity (Wildman–Crippen MR) is 86.8 cm³/mol. The molecule has 0 bridgehead atoms. The molecule has 1 saturated carbocycles. The standard InChI is InChI=1S/C16H22N4O4/c1-10(24-9-11-5-6-11)16(21)17-15-8-14(18-19-15)12-3-2-4-13(7-12)20(22)23/h2-4,7,10-11,14-15,18-19H,5-6,8-9H2,1H3,(H,17,21). The zero-order valence-electron chi connectivity index (χ0n) is 13.5. The van der Waals surface area contributed by atoms with Crippen molar-refractivity contribution in [2.75, 3.05) is 6.61 Å². The number of carbonyl (C=O) groups is 1. The largest absolute Gasteiger partial charge is 0.368 e. The van der Waals surface area contributed by atoms with Crippen LogP contribution in [0.3, 0.4) is 0 Å². The highest BCUT2D eigenvalue weighted by Crippen LogP contribution is 2.29. The van der Waals surface area contributed by atoms with Crippen molar-refractivity contribution in [3.8, 4) is 0 Å². The minimum absolute atomic E-state index is 0.0592. The second kappa shape index (κ2) is 7.25. The zero-order chi connectivity index (χ0) is 17.1. The lowest BCUT2D eigenvalue weighted by Gasteiger charge is -2.17. The summed E-state index contributed by atoms with van der Waals surface area (Å²) in [7, 11) is 0. The molecule has 2 aliphatic rings. The van der Waals surface area contributed by atoms with E-state index in [0.29, 0.717) is 18.9 Å². The number of rotatable bonds is 7. The Balaban J connectivity index is 1.50. The van der Waals surface area contributed by atoms with Crippen molar-refractivity contribution < 1.29 is 14.5 Å². The van der Waals surface area contributed by atoms with E-state index >= 15 is 0 Å². The topological polar surface area (TPSA) is 106 Å². The summed E-state index contributed by atoms with van der Waals surface area (Å²) >= 11 is 0. The Morgan fingerprint density at radius 1 is 1.46 bits per heavy atom. The highest BCUT2D eigenvalue weighted by Gasteiger charge is 2.29. The summed E-state index contributed by atoms with van der Waals surface area (Å²) in [6, 6.07) is 6.40. The van der Waals surface area contributed by atoms with Gasteiger partial charge in [0.15, 0.2) is 0 Å². The highest BCUT2D eigenvalue weighted by atomic mass is 16.6. The number of non-ortho nitro benzene ring substituents is 1. The van der Waals surface area contributed by atoms with E-state index in [2.05, 4.69) is 16.2 Å². The fourth-order valence-electron chi connectivity index (χ4n) is 2.65. The highest BCUT2D eigenvalue weighted by molar-refractivity contribution is 5.80. The lowest BCUT2D eigenvalue weighted by Crippen LogP contribution is -2.47. The van der Waals surface area contributed by atoms with Crippen molar-refractivity contribution in [3.63, 3.8) is 0 Å². The van der Waals surface area contributed by atoms with Crippen LogP contribution >= 0.6 is 0 Å². The first-order chi connectivity index (χ1) is 11.5. The number of nitrogens with one attached hydrogen (secondary N) is 3. The van der Waals surface area contributed by atoms with Crippen LogP contribution in [0.1, 0.15) is 37.8 Å². The number of benzene rings is 1. The number of hydrogen-bond acceptors (Lipinski definition) is 6. The molecule has 0 aromatic heterocycles. The molecule has 1 amide bonds. The lowest BCUT2D eigenvalue weighted by molar-refractivity contribution is -0.384. The number of carbonyl (C=O) groups excluding carboxylic acids is 1. The van der Waals surface area contributed by atoms with E-state index in [1.54, 1.807) is 19.1 Å². The molecule has 0 radical (unpaired) electrons. The van der Waals surface area contributed by atoms with Crippen LogP contribution in [0.25, 0.3) is 0 Å². The van der Waals surface area contributed by atoms with Crippen LogP contribution in [0.5, 0.6) is 0 Å². The van der Waals surface area contributed by atoms with Gasteiger partial charge in [-0.2, -0.15) is 0 Å². The van der Waals surface area contributed by atoms with Crippen molar-refractivity contribution in [1.29, 1.82) is 0 Å². The molecule has 3 atom stereocenters. The maximum absolute atomic E-state index is 12.1. The molecule has 1 aromatic rings. The average Bonchev–Trinajstić information content (AvgIpc) is 3.30. The van der Waals surface area contributed by atoms with Crippen LogP contribution in [0.2, 0.25) is 0 Å². The Kier molecular flexibility index (Phi) is 5.08. The third-order valence-corrected chi connectivity index (χ3v) is 4.35. The molecule has 8 nitrogen and oxygen atoms in total. The molecule has 1 aliphatic carbocycles. The molecule has 0 spiro atoms. The summed E-state index contributed by atoms with van der Waals surface area (Å²) in [6.07, 6.45) is 2.25. The first kappa shape index (κ1) is 16.8. The van der Waals surface area contributed by atoms with Gasteiger partial charge < -0.3 is 10.1 Å². The van der Waals surface area contributed by atoms with E-state index < -0.39 is 11.0 Å². The molecule has 1 aliphatic heterocycles. The summed E-state index contributed by atoms with van der Waals surface area (Å²) < 4.78 is 5.56. The molecule has 24 heavy (non-hydrogen) atoms. The minimum atomic E-state index is -0.482. The van der Waals surface area contributed by atoms with Gasteiger partial charge in [-0.15, -0.1) is 0 Å². The van der Waals surface area contributed by atoms with Gasteiger partial charge in [-0.1, -0.05) is 12.1 Å². The van der Waals surface area contributed by atoms with Crippen molar-refractivity contribution in [3.05, 3.63) is 39.9 Å². The SMILES string of the molecule is CC(OCC1CC1)C(=O)NC1CC(c2cccc([N+](=O)[O-])c2)NN1. The molecular formula is C16H22N4O4. The van der Waals surface area contributed by atoms with E-state index in [9.17, 15) is 14.9 Å². The van der Waals surface area contributed by atoms with E-state index in [1.807, 2.05) is 6.07 Å². The maximum atomic E-state index is 12.1. The van der Waals surface area contributed by atoms with Crippen LogP contribution in [0, 0.1) is 16.0 Å². The van der Waals surface area contributed by atoms with Crippen molar-refractivity contribution >= 4 is 11.6 Å². The molecular weight excluding hydrogens is 312 g/mol. The molecule has 1 saturated heterocycles. The molecule has 1 aromatic carbocycles. The number of hydrogen-bond donors (Lipinski definition) is 3. The molecule has 8 heteroatoms. The monoisotopic (exact) mass is 334 g/mol. The van der Waals surface area contributed by atoms with E-state index in [4.69, 9.17) is 4.74 Å². The van der Waals surface area contributed by atoms with Crippen molar-refractivity contribution in [2.24, 2.45) is 5.92 Å². The number of nitro groups is 1. The minimum Gasteiger partial charge on any atom is -0.368 e. The van der Waals surface area contributed by atoms with Gasteiger partial charge in [0.2, 0.25) is 5.91 Å². The van der Waals surface area contributed by atoms with Crippen LogP contribution in [0.4, 0.5) is 5.69 Å². The molecule has 3 N–H and O–H groups in total. The Hall–Kier alpha value is -2.03. The van der Waals surface area contributed by atoms with Crippen molar-refractivity contribution in [2.45, 2.75) is 44.5 Å². The van der Waals surface area contributed by atoms with Gasteiger partial charge in [0, 0.05) is 24.6 Å². The normalized spacial score (nSPS) is 24.5. The van der Waals surface area contributed by atoms with Crippen molar-refractivity contribution in [1.82, 2.24) is 16.2 Å². The lowest BCUT2D eigenvalue weighted by atomic mass is 10.0. The number of nitrogens with zero attached hydrogens (tertiary/aromatic N) is 1. The molecule has 3 unspecified atom stereocenters. The number of hydrazine groups is 1. The van der Waals surface area contributed by atoms with Crippen LogP contribution in [-0.4, -0.2) is 29.7 Å². The van der Waals surface area contributed by atoms with Gasteiger partial charge in [0.1, 0.15) is 6.10 Å². The van der Waals surface area contributed by atoms with Gasteiger partial charge >= 0.3 is 0 Å². The molecule has 130 valence electrons. The Morgan fingerprint density at radius 2 is 2.25 bits per heavy atom. The van der Waals surface area contributed by atoms with E-state index in [-0.39, 0.29) is 23.8 Å². The predicted octanol–water partition coefficient (Wildman–Crippen LogP) is 1.39. The van der Waals surface area contributed by atoms with E-state index in [1.165, 1.54) is 18.9 Å². The molecule has 1 heterocycles. The first-order valence-electron chi connectivity index (χ1n) is 8.20. The second-order valence-corrected chi connectivity index (χ2v) is 6.41. The summed E-state index contributed by atoms with van der Waals surface area (Å²) in [6.45, 7) is 2.39. The first-order valence-corrected chi connectivity index (χ1v) is 8.20. The third-order valence-electron chi connectivity index (χ3n) is 4.35. The Morgan fingerprint density at radius 3 is 2.96 bits per heavy atom. The third kappa shape index (κ3) is 4.28. The maximum Gasteiger partial charge on any atom is 0.269 e. The summed E-state index contributed by atoms with van der Waals surface area (Å²) in [5.74, 6) is 0.458. The summed E-state index contributed by atoms with van der Waals surface area (Å²) in [5, 5.41) is 13.8. The van der Waals surface area contributed by atoms with Gasteiger partial charge in [-0.3, -0.25) is 14.9 Å². The fourth-order valence-corrected chi connectivity index (χ4v) is 2.65. The molecule has 2 fully saturated rings. The number of ether oxygens (including phenoxy) is 1. The molecule has 3 rings (SSSR count).